The van der Waals surface area contributed by atoms with Gasteiger partial charge in [0.05, 0.1) is 17.8 Å². The van der Waals surface area contributed by atoms with Crippen molar-refractivity contribution in [3.8, 4) is 0 Å². The van der Waals surface area contributed by atoms with Crippen LogP contribution in [0, 0.1) is 5.82 Å². The predicted molar refractivity (Wildman–Crippen MR) is 140 cm³/mol. The second-order valence-electron chi connectivity index (χ2n) is 8.61. The molecule has 0 bridgehead atoms. The minimum Gasteiger partial charge on any atom is -0.368 e. The van der Waals surface area contributed by atoms with Gasteiger partial charge in [0.15, 0.2) is 17.0 Å². The number of hydrogen-bond acceptors (Lipinski definition) is 8. The van der Waals surface area contributed by atoms with Crippen molar-refractivity contribution in [2.45, 2.75) is 43.5 Å². The molecule has 0 spiro atoms. The minimum absolute atomic E-state index is 0.121. The van der Waals surface area contributed by atoms with E-state index in [0.29, 0.717) is 36.5 Å². The number of halogens is 1. The number of benzene rings is 2. The van der Waals surface area contributed by atoms with E-state index in [1.165, 1.54) is 12.1 Å². The van der Waals surface area contributed by atoms with Crippen LogP contribution in [-0.4, -0.2) is 45.6 Å². The first-order valence-electron chi connectivity index (χ1n) is 12.1. The molecule has 11 nitrogen and oxygen atoms in total. The summed E-state index contributed by atoms with van der Waals surface area (Å²) in [6.07, 6.45) is 4.96. The number of aromatic nitrogens is 4. The Morgan fingerprint density at radius 2 is 1.71 bits per heavy atom. The smallest absolute Gasteiger partial charge is 0.264 e. The highest BCUT2D eigenvalue weighted by molar-refractivity contribution is 7.92. The van der Waals surface area contributed by atoms with Gasteiger partial charge < -0.3 is 9.88 Å². The molecule has 0 aliphatic carbocycles. The van der Waals surface area contributed by atoms with Crippen molar-refractivity contribution in [1.82, 2.24) is 25.0 Å². The van der Waals surface area contributed by atoms with Crippen molar-refractivity contribution in [1.29, 1.82) is 0 Å². The highest BCUT2D eigenvalue weighted by atomic mass is 32.2. The van der Waals surface area contributed by atoms with E-state index in [1.807, 2.05) is 30.3 Å². The van der Waals surface area contributed by atoms with Crippen LogP contribution in [0.4, 0.5) is 16.2 Å². The zero-order chi connectivity index (χ0) is 27.0. The zero-order valence-corrected chi connectivity index (χ0v) is 21.3. The van der Waals surface area contributed by atoms with Crippen molar-refractivity contribution in [3.63, 3.8) is 0 Å². The summed E-state index contributed by atoms with van der Waals surface area (Å²) in [6, 6.07) is 14.2. The second-order valence-corrected chi connectivity index (χ2v) is 10.3. The number of fused-ring (bicyclic) bond motifs is 1. The summed E-state index contributed by atoms with van der Waals surface area (Å²) in [4.78, 5) is 24.3. The van der Waals surface area contributed by atoms with Crippen molar-refractivity contribution < 1.29 is 22.8 Å². The molecule has 4 N–H and O–H groups in total. The van der Waals surface area contributed by atoms with Crippen LogP contribution in [0.15, 0.2) is 65.8 Å². The third-order valence-corrected chi connectivity index (χ3v) is 7.10. The van der Waals surface area contributed by atoms with E-state index < -0.39 is 21.7 Å². The Morgan fingerprint density at radius 1 is 0.974 bits per heavy atom. The molecule has 0 saturated carbocycles. The van der Waals surface area contributed by atoms with Gasteiger partial charge in [0.2, 0.25) is 11.9 Å². The van der Waals surface area contributed by atoms with Gasteiger partial charge in [0, 0.05) is 13.0 Å². The van der Waals surface area contributed by atoms with Gasteiger partial charge in [-0.1, -0.05) is 43.2 Å². The molecule has 0 fully saturated rings. The number of rotatable bonds is 13. The second kappa shape index (κ2) is 12.4. The Balaban J connectivity index is 1.54. The molecule has 0 unspecified atom stereocenters. The van der Waals surface area contributed by atoms with Crippen molar-refractivity contribution in [2.24, 2.45) is 0 Å². The van der Waals surface area contributed by atoms with E-state index in [1.54, 1.807) is 16.4 Å². The summed E-state index contributed by atoms with van der Waals surface area (Å²) in [5.41, 5.74) is 3.57. The quantitative estimate of drug-likeness (QED) is 0.114. The number of hydroxylamine groups is 1. The van der Waals surface area contributed by atoms with E-state index in [4.69, 9.17) is 5.21 Å². The number of unbranched alkanes of at least 4 members (excludes halogenated alkanes) is 3. The number of hydrogen-bond donors (Lipinski definition) is 4. The lowest BCUT2D eigenvalue weighted by Gasteiger charge is -2.11. The number of anilines is 2. The molecule has 0 saturated heterocycles. The Morgan fingerprint density at radius 3 is 2.45 bits per heavy atom. The van der Waals surface area contributed by atoms with Gasteiger partial charge in [-0.2, -0.15) is 9.97 Å². The molecule has 2 aromatic heterocycles. The number of carbonyl (C=O) groups excluding carboxylic acids is 1. The first-order chi connectivity index (χ1) is 18.4. The van der Waals surface area contributed by atoms with Crippen molar-refractivity contribution in [3.05, 3.63) is 72.3 Å². The monoisotopic (exact) mass is 541 g/mol. The molecule has 200 valence electrons. The molecular weight excluding hydrogens is 513 g/mol. The van der Waals surface area contributed by atoms with E-state index in [2.05, 4.69) is 25.0 Å². The first kappa shape index (κ1) is 26.9. The first-order valence-corrected chi connectivity index (χ1v) is 13.6. The molecule has 0 atom stereocenters. The maximum absolute atomic E-state index is 13.3. The standard InChI is InChI=1S/C25H28FN7O4S/c26-19-11-13-20(14-12-19)38(36,37)32-25-29-23(27-15-7-2-1-6-10-21(34)31-35)22-24(30-25)33(17-28-22)16-18-8-4-3-5-9-18/h3-5,8-9,11-14,17,35H,1-2,6-7,10,15-16H2,(H,31,34)(H2,27,29,30,32). The molecule has 2 aromatic carbocycles. The van der Waals surface area contributed by atoms with Gasteiger partial charge in [-0.3, -0.25) is 10.0 Å². The summed E-state index contributed by atoms with van der Waals surface area (Å²) in [6.45, 7) is 1.01. The maximum Gasteiger partial charge on any atom is 0.264 e. The van der Waals surface area contributed by atoms with Gasteiger partial charge in [-0.15, -0.1) is 0 Å². The Hall–Kier alpha value is -4.10. The third kappa shape index (κ3) is 7.01. The number of sulfonamides is 1. The van der Waals surface area contributed by atoms with E-state index in [0.717, 1.165) is 37.0 Å². The van der Waals surface area contributed by atoms with Crippen LogP contribution in [0.5, 0.6) is 0 Å². The highest BCUT2D eigenvalue weighted by Crippen LogP contribution is 2.23. The van der Waals surface area contributed by atoms with Gasteiger partial charge in [-0.25, -0.2) is 28.0 Å². The van der Waals surface area contributed by atoms with E-state index in [-0.39, 0.29) is 17.3 Å². The van der Waals surface area contributed by atoms with E-state index >= 15 is 0 Å². The van der Waals surface area contributed by atoms with Gasteiger partial charge >= 0.3 is 0 Å². The predicted octanol–water partition coefficient (Wildman–Crippen LogP) is 3.68. The fourth-order valence-corrected chi connectivity index (χ4v) is 4.77. The molecule has 0 aliphatic heterocycles. The average Bonchev–Trinajstić information content (AvgIpc) is 3.31. The fourth-order valence-electron chi connectivity index (χ4n) is 3.83. The molecule has 4 aromatic rings. The van der Waals surface area contributed by atoms with Crippen LogP contribution in [0.25, 0.3) is 11.2 Å². The summed E-state index contributed by atoms with van der Waals surface area (Å²) in [5.74, 6) is -0.727. The SMILES string of the molecule is O=C(CCCCCCNc1nc(NS(=O)(=O)c2ccc(F)cc2)nc2c1ncn2Cc1ccccc1)NO. The van der Waals surface area contributed by atoms with Crippen LogP contribution < -0.4 is 15.5 Å². The summed E-state index contributed by atoms with van der Waals surface area (Å²) in [7, 11) is -4.06. The molecular formula is C25H28FN7O4S. The number of carbonyl (C=O) groups is 1. The summed E-state index contributed by atoms with van der Waals surface area (Å²) in [5, 5.41) is 11.8. The lowest BCUT2D eigenvalue weighted by atomic mass is 10.1. The Labute approximate surface area is 219 Å². The number of imidazole rings is 1. The summed E-state index contributed by atoms with van der Waals surface area (Å²) < 4.78 is 43.3. The van der Waals surface area contributed by atoms with E-state index in [9.17, 15) is 17.6 Å². The number of nitrogens with one attached hydrogen (secondary N) is 3. The molecule has 13 heteroatoms. The summed E-state index contributed by atoms with van der Waals surface area (Å²) >= 11 is 0. The van der Waals surface area contributed by atoms with Crippen molar-refractivity contribution >= 4 is 38.9 Å². The zero-order valence-electron chi connectivity index (χ0n) is 20.5. The van der Waals surface area contributed by atoms with Crippen LogP contribution in [-0.2, 0) is 21.4 Å². The topological polar surface area (TPSA) is 151 Å². The third-order valence-electron chi connectivity index (χ3n) is 5.76. The largest absolute Gasteiger partial charge is 0.368 e. The molecule has 2 heterocycles. The van der Waals surface area contributed by atoms with Gasteiger partial charge in [0.1, 0.15) is 5.82 Å². The highest BCUT2D eigenvalue weighted by Gasteiger charge is 2.19. The lowest BCUT2D eigenvalue weighted by molar-refractivity contribution is -0.129. The van der Waals surface area contributed by atoms with Crippen LogP contribution >= 0.6 is 0 Å². The number of nitrogens with zero attached hydrogens (tertiary/aromatic N) is 4. The molecule has 4 rings (SSSR count). The maximum atomic E-state index is 13.3. The Kier molecular flexibility index (Phi) is 8.81. The lowest BCUT2D eigenvalue weighted by Crippen LogP contribution is -2.17. The van der Waals surface area contributed by atoms with Crippen LogP contribution in [0.1, 0.15) is 37.7 Å². The van der Waals surface area contributed by atoms with Crippen molar-refractivity contribution in [2.75, 3.05) is 16.6 Å². The minimum atomic E-state index is -4.06. The van der Waals surface area contributed by atoms with Crippen LogP contribution in [0.2, 0.25) is 0 Å². The van der Waals surface area contributed by atoms with Crippen LogP contribution in [0.3, 0.4) is 0 Å². The van der Waals surface area contributed by atoms with Gasteiger partial charge in [-0.05, 0) is 42.7 Å². The molecule has 38 heavy (non-hydrogen) atoms. The normalized spacial score (nSPS) is 11.4. The van der Waals surface area contributed by atoms with Gasteiger partial charge in [0.25, 0.3) is 10.0 Å². The Bertz CT molecular complexity index is 1480. The molecule has 0 radical (unpaired) electrons. The molecule has 1 amide bonds. The fraction of sp³-hybridized carbons (Fsp3) is 0.280. The molecule has 0 aliphatic rings. The number of amides is 1. The average molecular weight is 542 g/mol.